The van der Waals surface area contributed by atoms with Gasteiger partial charge in [0.15, 0.2) is 11.5 Å². The molecule has 0 saturated heterocycles. The first-order valence-electron chi connectivity index (χ1n) is 6.13. The predicted molar refractivity (Wildman–Crippen MR) is 73.7 cm³/mol. The summed E-state index contributed by atoms with van der Waals surface area (Å²) < 4.78 is 17.5. The fourth-order valence-corrected chi connectivity index (χ4v) is 2.77. The summed E-state index contributed by atoms with van der Waals surface area (Å²) >= 11 is 3.53. The van der Waals surface area contributed by atoms with Crippen LogP contribution in [0.4, 0.5) is 0 Å². The monoisotopic (exact) mass is 315 g/mol. The minimum absolute atomic E-state index is 0.571. The summed E-state index contributed by atoms with van der Waals surface area (Å²) in [5.41, 5.74) is 6.65. The lowest BCUT2D eigenvalue weighted by Crippen LogP contribution is -2.16. The van der Waals surface area contributed by atoms with E-state index < -0.39 is 0 Å². The first-order chi connectivity index (χ1) is 8.77. The highest BCUT2D eigenvalue weighted by molar-refractivity contribution is 9.10. The van der Waals surface area contributed by atoms with E-state index in [1.807, 2.05) is 6.07 Å². The van der Waals surface area contributed by atoms with Crippen molar-refractivity contribution in [3.63, 3.8) is 0 Å². The van der Waals surface area contributed by atoms with Gasteiger partial charge in [-0.3, -0.25) is 0 Å². The molecule has 0 bridgehead atoms. The van der Waals surface area contributed by atoms with Gasteiger partial charge < -0.3 is 19.9 Å². The van der Waals surface area contributed by atoms with Crippen LogP contribution in [0.1, 0.15) is 18.4 Å². The third-order valence-corrected chi connectivity index (χ3v) is 3.63. The fourth-order valence-electron chi connectivity index (χ4n) is 2.04. The van der Waals surface area contributed by atoms with Gasteiger partial charge in [0.05, 0.1) is 7.11 Å². The largest absolute Gasteiger partial charge is 0.495 e. The van der Waals surface area contributed by atoms with Crippen LogP contribution in [-0.2, 0) is 6.42 Å². The lowest BCUT2D eigenvalue weighted by atomic mass is 10.1. The van der Waals surface area contributed by atoms with Gasteiger partial charge in [0, 0.05) is 0 Å². The Bertz CT molecular complexity index is 423. The number of hydrogen-bond donors (Lipinski definition) is 1. The Kier molecular flexibility index (Phi) is 4.72. The Hall–Kier alpha value is -0.940. The molecule has 0 unspecified atom stereocenters. The molecule has 0 saturated carbocycles. The molecule has 0 atom stereocenters. The second-order valence-corrected chi connectivity index (χ2v) is 4.95. The van der Waals surface area contributed by atoms with Crippen molar-refractivity contribution in [3.8, 4) is 17.2 Å². The zero-order valence-electron chi connectivity index (χ0n) is 10.5. The van der Waals surface area contributed by atoms with Crippen molar-refractivity contribution in [2.24, 2.45) is 5.73 Å². The topological polar surface area (TPSA) is 53.7 Å². The summed E-state index contributed by atoms with van der Waals surface area (Å²) in [4.78, 5) is 0. The number of fused-ring (bicyclic) bond motifs is 1. The summed E-state index contributed by atoms with van der Waals surface area (Å²) in [7, 11) is 1.67. The van der Waals surface area contributed by atoms with Crippen molar-refractivity contribution >= 4 is 15.9 Å². The van der Waals surface area contributed by atoms with Gasteiger partial charge in [-0.25, -0.2) is 0 Å². The van der Waals surface area contributed by atoms with Crippen LogP contribution in [0.2, 0.25) is 0 Å². The van der Waals surface area contributed by atoms with Gasteiger partial charge in [0.25, 0.3) is 0 Å². The van der Waals surface area contributed by atoms with E-state index in [2.05, 4.69) is 15.9 Å². The van der Waals surface area contributed by atoms with Crippen molar-refractivity contribution in [3.05, 3.63) is 16.1 Å². The molecule has 100 valence electrons. The molecule has 0 radical (unpaired) electrons. The van der Waals surface area contributed by atoms with Crippen LogP contribution in [0.3, 0.4) is 0 Å². The Labute approximate surface area is 116 Å². The minimum atomic E-state index is 0.571. The maximum atomic E-state index is 5.62. The molecule has 2 rings (SSSR count). The molecule has 4 nitrogen and oxygen atoms in total. The highest BCUT2D eigenvalue weighted by Gasteiger charge is 2.21. The number of benzene rings is 1. The molecule has 18 heavy (non-hydrogen) atoms. The van der Waals surface area contributed by atoms with Gasteiger partial charge in [0.1, 0.15) is 23.4 Å². The van der Waals surface area contributed by atoms with Gasteiger partial charge in [-0.1, -0.05) is 0 Å². The summed E-state index contributed by atoms with van der Waals surface area (Å²) in [6.45, 7) is 1.88. The molecule has 1 heterocycles. The molecule has 1 aliphatic heterocycles. The first kappa shape index (κ1) is 13.5. The Morgan fingerprint density at radius 1 is 1.33 bits per heavy atom. The Morgan fingerprint density at radius 2 is 2.11 bits per heavy atom. The number of nitrogens with two attached hydrogens (primary N) is 1. The standard InChI is InChI=1S/C13H18BrNO3/c1-16-12-9(4-2-3-5-15)8-10-13(11(12)14)18-7-6-17-10/h8H,2-7,15H2,1H3. The quantitative estimate of drug-likeness (QED) is 0.848. The molecule has 0 spiro atoms. The van der Waals surface area contributed by atoms with Crippen molar-refractivity contribution in [2.45, 2.75) is 19.3 Å². The lowest BCUT2D eigenvalue weighted by Gasteiger charge is -2.22. The number of methoxy groups -OCH3 is 1. The normalized spacial score (nSPS) is 13.5. The summed E-state index contributed by atoms with van der Waals surface area (Å²) in [5.74, 6) is 2.36. The molecule has 5 heteroatoms. The smallest absolute Gasteiger partial charge is 0.179 e. The average molecular weight is 316 g/mol. The summed E-state index contributed by atoms with van der Waals surface area (Å²) in [6, 6.07) is 2.01. The summed E-state index contributed by atoms with van der Waals surface area (Å²) in [6.07, 6.45) is 2.98. The van der Waals surface area contributed by atoms with Gasteiger partial charge in [-0.2, -0.15) is 0 Å². The predicted octanol–water partition coefficient (Wildman–Crippen LogP) is 2.51. The van der Waals surface area contributed by atoms with E-state index >= 15 is 0 Å². The van der Waals surface area contributed by atoms with E-state index in [0.717, 1.165) is 46.5 Å². The summed E-state index contributed by atoms with van der Waals surface area (Å²) in [5, 5.41) is 0. The van der Waals surface area contributed by atoms with E-state index in [0.29, 0.717) is 19.8 Å². The number of ether oxygens (including phenoxy) is 3. The number of unbranched alkanes of at least 4 members (excludes halogenated alkanes) is 1. The number of halogens is 1. The second kappa shape index (κ2) is 6.29. The number of aryl methyl sites for hydroxylation is 1. The first-order valence-corrected chi connectivity index (χ1v) is 6.92. The third kappa shape index (κ3) is 2.72. The van der Waals surface area contributed by atoms with Crippen molar-refractivity contribution < 1.29 is 14.2 Å². The van der Waals surface area contributed by atoms with Gasteiger partial charge in [-0.15, -0.1) is 0 Å². The second-order valence-electron chi connectivity index (χ2n) is 4.15. The van der Waals surface area contributed by atoms with E-state index in [1.165, 1.54) is 0 Å². The van der Waals surface area contributed by atoms with Crippen LogP contribution in [0.15, 0.2) is 10.5 Å². The van der Waals surface area contributed by atoms with Crippen LogP contribution in [0.25, 0.3) is 0 Å². The maximum absolute atomic E-state index is 5.62. The molecule has 0 aliphatic carbocycles. The number of rotatable bonds is 5. The van der Waals surface area contributed by atoms with E-state index in [-0.39, 0.29) is 0 Å². The highest BCUT2D eigenvalue weighted by atomic mass is 79.9. The molecule has 0 amide bonds. The molecule has 0 aromatic heterocycles. The van der Waals surface area contributed by atoms with Crippen molar-refractivity contribution in [1.82, 2.24) is 0 Å². The molecular weight excluding hydrogens is 298 g/mol. The van der Waals surface area contributed by atoms with Gasteiger partial charge >= 0.3 is 0 Å². The zero-order valence-corrected chi connectivity index (χ0v) is 12.1. The van der Waals surface area contributed by atoms with Crippen LogP contribution in [0, 0.1) is 0 Å². The van der Waals surface area contributed by atoms with E-state index in [9.17, 15) is 0 Å². The van der Waals surface area contributed by atoms with Crippen LogP contribution in [0.5, 0.6) is 17.2 Å². The van der Waals surface area contributed by atoms with E-state index in [1.54, 1.807) is 7.11 Å². The Balaban J connectivity index is 2.30. The zero-order chi connectivity index (χ0) is 13.0. The third-order valence-electron chi connectivity index (χ3n) is 2.91. The molecule has 2 N–H and O–H groups in total. The average Bonchev–Trinajstić information content (AvgIpc) is 2.39. The molecule has 1 aliphatic rings. The maximum Gasteiger partial charge on any atom is 0.179 e. The molecule has 1 aromatic rings. The van der Waals surface area contributed by atoms with Crippen LogP contribution in [-0.4, -0.2) is 26.9 Å². The fraction of sp³-hybridized carbons (Fsp3) is 0.538. The lowest BCUT2D eigenvalue weighted by molar-refractivity contribution is 0.169. The van der Waals surface area contributed by atoms with E-state index in [4.69, 9.17) is 19.9 Å². The van der Waals surface area contributed by atoms with Gasteiger partial charge in [0.2, 0.25) is 0 Å². The molecule has 1 aromatic carbocycles. The van der Waals surface area contributed by atoms with Crippen molar-refractivity contribution in [1.29, 1.82) is 0 Å². The minimum Gasteiger partial charge on any atom is -0.495 e. The van der Waals surface area contributed by atoms with Crippen molar-refractivity contribution in [2.75, 3.05) is 26.9 Å². The molecular formula is C13H18BrNO3. The number of hydrogen-bond acceptors (Lipinski definition) is 4. The SMILES string of the molecule is COc1c(CCCCN)cc2c(c1Br)OCCO2. The highest BCUT2D eigenvalue weighted by Crippen LogP contribution is 2.45. The van der Waals surface area contributed by atoms with Crippen LogP contribution < -0.4 is 19.9 Å². The van der Waals surface area contributed by atoms with Gasteiger partial charge in [-0.05, 0) is 53.4 Å². The molecule has 0 fully saturated rings. The Morgan fingerprint density at radius 3 is 2.83 bits per heavy atom. The van der Waals surface area contributed by atoms with Crippen LogP contribution >= 0.6 is 15.9 Å².